The van der Waals surface area contributed by atoms with Gasteiger partial charge in [-0.3, -0.25) is 4.79 Å². The van der Waals surface area contributed by atoms with Gasteiger partial charge in [-0.05, 0) is 25.8 Å². The molecule has 1 heterocycles. The summed E-state index contributed by atoms with van der Waals surface area (Å²) in [5, 5.41) is 3.27. The Morgan fingerprint density at radius 2 is 1.85 bits per heavy atom. The molecule has 1 aromatic carbocycles. The minimum absolute atomic E-state index is 0.0298. The number of benzene rings is 1. The Hall–Kier alpha value is -2.05. The predicted octanol–water partition coefficient (Wildman–Crippen LogP) is 3.77. The molecule has 5 nitrogen and oxygen atoms in total. The summed E-state index contributed by atoms with van der Waals surface area (Å²) in [6.45, 7) is 6.44. The fourth-order valence-electron chi connectivity index (χ4n) is 3.19. The number of thioether (sulfide) groups is 1. The predicted molar refractivity (Wildman–Crippen MR) is 109 cm³/mol. The third-order valence-corrected chi connectivity index (χ3v) is 5.24. The smallest absolute Gasteiger partial charge is 0.336 e. The van der Waals surface area contributed by atoms with Crippen molar-refractivity contribution in [2.24, 2.45) is 5.92 Å². The molecule has 2 rings (SSSR count). The highest BCUT2D eigenvalue weighted by molar-refractivity contribution is 8.14. The molecule has 146 valence electrons. The van der Waals surface area contributed by atoms with E-state index in [-0.39, 0.29) is 23.6 Å². The van der Waals surface area contributed by atoms with Crippen LogP contribution in [0.5, 0.6) is 0 Å². The summed E-state index contributed by atoms with van der Waals surface area (Å²) in [7, 11) is 1.61. The number of allylic oxidation sites excluding steroid dienone is 1. The van der Waals surface area contributed by atoms with E-state index in [2.05, 4.69) is 5.32 Å². The topological polar surface area (TPSA) is 64.6 Å². The molecule has 1 aliphatic heterocycles. The van der Waals surface area contributed by atoms with Gasteiger partial charge in [0.2, 0.25) is 5.12 Å². The van der Waals surface area contributed by atoms with E-state index in [0.29, 0.717) is 29.9 Å². The number of carbonyl (C=O) groups is 2. The monoisotopic (exact) mass is 389 g/mol. The standard InChI is InChI=1S/C21H27NO4S/c1-5-16-17(21(24)27-13-12-25-4)14(3)22-19(15-10-8-7-9-11-15)18(16)20(23)26-6-2/h7-11,16,22H,5-6,12-13H2,1-4H3/t16-/m1/s1. The summed E-state index contributed by atoms with van der Waals surface area (Å²) in [5.74, 6) is -0.106. The van der Waals surface area contributed by atoms with Crippen molar-refractivity contribution < 1.29 is 19.1 Å². The molecule has 1 N–H and O–H groups in total. The summed E-state index contributed by atoms with van der Waals surface area (Å²) in [6, 6.07) is 9.67. The Kier molecular flexibility index (Phi) is 8.13. The molecule has 27 heavy (non-hydrogen) atoms. The molecule has 1 aromatic rings. The number of carbonyl (C=O) groups excluding carboxylic acids is 2. The molecule has 0 amide bonds. The van der Waals surface area contributed by atoms with Crippen molar-refractivity contribution in [1.82, 2.24) is 5.32 Å². The summed E-state index contributed by atoms with van der Waals surface area (Å²) < 4.78 is 10.4. The van der Waals surface area contributed by atoms with Crippen molar-refractivity contribution in [3.63, 3.8) is 0 Å². The number of hydrogen-bond donors (Lipinski definition) is 1. The van der Waals surface area contributed by atoms with E-state index < -0.39 is 0 Å². The number of esters is 1. The zero-order chi connectivity index (χ0) is 19.8. The Labute approximate surface area is 165 Å². The molecule has 6 heteroatoms. The Morgan fingerprint density at radius 1 is 1.15 bits per heavy atom. The lowest BCUT2D eigenvalue weighted by Gasteiger charge is -2.31. The SMILES string of the molecule is CCOC(=O)C1=C(c2ccccc2)NC(C)=C(C(=O)SCCOC)[C@H]1CC. The minimum atomic E-state index is -0.379. The normalized spacial score (nSPS) is 17.0. The molecule has 0 bridgehead atoms. The fourth-order valence-corrected chi connectivity index (χ4v) is 4.07. The number of ether oxygens (including phenoxy) is 2. The van der Waals surface area contributed by atoms with Crippen LogP contribution in [-0.4, -0.2) is 37.2 Å². The first-order valence-electron chi connectivity index (χ1n) is 9.15. The van der Waals surface area contributed by atoms with E-state index in [0.717, 1.165) is 17.0 Å². The summed E-state index contributed by atoms with van der Waals surface area (Å²) in [6.07, 6.45) is 0.634. The zero-order valence-corrected chi connectivity index (χ0v) is 17.2. The molecule has 0 aromatic heterocycles. The van der Waals surface area contributed by atoms with Crippen LogP contribution < -0.4 is 5.32 Å². The summed E-state index contributed by atoms with van der Waals surface area (Å²) in [5.41, 5.74) is 3.56. The van der Waals surface area contributed by atoms with Crippen molar-refractivity contribution in [3.8, 4) is 0 Å². The van der Waals surface area contributed by atoms with Crippen LogP contribution in [0.2, 0.25) is 0 Å². The average Bonchev–Trinajstić information content (AvgIpc) is 2.67. The zero-order valence-electron chi connectivity index (χ0n) is 16.3. The molecule has 1 aliphatic rings. The van der Waals surface area contributed by atoms with Crippen molar-refractivity contribution in [1.29, 1.82) is 0 Å². The second kappa shape index (κ2) is 10.3. The summed E-state index contributed by atoms with van der Waals surface area (Å²) in [4.78, 5) is 25.7. The van der Waals surface area contributed by atoms with Crippen LogP contribution in [0.15, 0.2) is 47.2 Å². The third-order valence-electron chi connectivity index (χ3n) is 4.39. The van der Waals surface area contributed by atoms with Crippen molar-refractivity contribution in [2.45, 2.75) is 27.2 Å². The molecule has 1 atom stereocenters. The number of dihydropyridines is 1. The van der Waals surface area contributed by atoms with Crippen LogP contribution in [0.4, 0.5) is 0 Å². The number of nitrogens with one attached hydrogen (secondary N) is 1. The minimum Gasteiger partial charge on any atom is -0.463 e. The van der Waals surface area contributed by atoms with E-state index in [1.807, 2.05) is 44.2 Å². The van der Waals surface area contributed by atoms with Crippen LogP contribution in [0.25, 0.3) is 5.70 Å². The highest BCUT2D eigenvalue weighted by Crippen LogP contribution is 2.38. The van der Waals surface area contributed by atoms with Crippen molar-refractivity contribution in [3.05, 3.63) is 52.7 Å². The van der Waals surface area contributed by atoms with Crippen LogP contribution in [0.3, 0.4) is 0 Å². The largest absolute Gasteiger partial charge is 0.463 e. The molecule has 0 fully saturated rings. The van der Waals surface area contributed by atoms with Crippen molar-refractivity contribution >= 4 is 28.5 Å². The molecule has 0 saturated carbocycles. The quantitative estimate of drug-likeness (QED) is 0.539. The second-order valence-corrected chi connectivity index (χ2v) is 7.20. The summed E-state index contributed by atoms with van der Waals surface area (Å²) >= 11 is 1.22. The molecule has 0 radical (unpaired) electrons. The number of rotatable bonds is 8. The van der Waals surface area contributed by atoms with E-state index in [4.69, 9.17) is 9.47 Å². The van der Waals surface area contributed by atoms with E-state index >= 15 is 0 Å². The molecular formula is C21H27NO4S. The first kappa shape index (κ1) is 21.3. The lowest BCUT2D eigenvalue weighted by atomic mass is 9.82. The van der Waals surface area contributed by atoms with Crippen LogP contribution in [-0.2, 0) is 19.1 Å². The van der Waals surface area contributed by atoms with Gasteiger partial charge in [-0.1, -0.05) is 49.0 Å². The van der Waals surface area contributed by atoms with Gasteiger partial charge in [-0.15, -0.1) is 0 Å². The molecule has 0 spiro atoms. The van der Waals surface area contributed by atoms with Gasteiger partial charge in [0.25, 0.3) is 0 Å². The van der Waals surface area contributed by atoms with E-state index in [1.54, 1.807) is 14.0 Å². The molecular weight excluding hydrogens is 362 g/mol. The van der Waals surface area contributed by atoms with Crippen molar-refractivity contribution in [2.75, 3.05) is 26.1 Å². The first-order chi connectivity index (χ1) is 13.0. The second-order valence-electron chi connectivity index (χ2n) is 6.13. The lowest BCUT2D eigenvalue weighted by molar-refractivity contribution is -0.139. The molecule has 0 aliphatic carbocycles. The maximum Gasteiger partial charge on any atom is 0.336 e. The van der Waals surface area contributed by atoms with Crippen LogP contribution >= 0.6 is 11.8 Å². The Balaban J connectivity index is 2.48. The lowest BCUT2D eigenvalue weighted by Crippen LogP contribution is -2.32. The van der Waals surface area contributed by atoms with Gasteiger partial charge in [0, 0.05) is 30.1 Å². The third kappa shape index (κ3) is 5.02. The maximum atomic E-state index is 12.9. The van der Waals surface area contributed by atoms with Gasteiger partial charge < -0.3 is 14.8 Å². The van der Waals surface area contributed by atoms with E-state index in [1.165, 1.54) is 11.8 Å². The Bertz CT molecular complexity index is 740. The first-order valence-corrected chi connectivity index (χ1v) is 10.1. The van der Waals surface area contributed by atoms with Gasteiger partial charge in [-0.2, -0.15) is 0 Å². The van der Waals surface area contributed by atoms with Crippen LogP contribution in [0, 0.1) is 5.92 Å². The molecule has 0 unspecified atom stereocenters. The average molecular weight is 390 g/mol. The number of methoxy groups -OCH3 is 1. The highest BCUT2D eigenvalue weighted by atomic mass is 32.2. The Morgan fingerprint density at radius 3 is 2.44 bits per heavy atom. The number of hydrogen-bond acceptors (Lipinski definition) is 6. The van der Waals surface area contributed by atoms with Gasteiger partial charge in [0.15, 0.2) is 0 Å². The van der Waals surface area contributed by atoms with Gasteiger partial charge in [0.05, 0.1) is 24.5 Å². The van der Waals surface area contributed by atoms with Gasteiger partial charge in [-0.25, -0.2) is 4.79 Å². The highest BCUT2D eigenvalue weighted by Gasteiger charge is 2.36. The van der Waals surface area contributed by atoms with E-state index in [9.17, 15) is 9.59 Å². The van der Waals surface area contributed by atoms with Gasteiger partial charge >= 0.3 is 5.97 Å². The van der Waals surface area contributed by atoms with Crippen LogP contribution in [0.1, 0.15) is 32.8 Å². The molecule has 0 saturated heterocycles. The van der Waals surface area contributed by atoms with Gasteiger partial charge in [0.1, 0.15) is 0 Å². The maximum absolute atomic E-state index is 12.9. The fraction of sp³-hybridized carbons (Fsp3) is 0.429.